The number of aliphatic hydroxyl groups excluding tert-OH is 2. The number of aliphatic carboxylic acids is 1. The lowest BCUT2D eigenvalue weighted by atomic mass is 9.82. The van der Waals surface area contributed by atoms with E-state index in [0.717, 1.165) is 6.92 Å². The summed E-state index contributed by atoms with van der Waals surface area (Å²) >= 11 is 0. The Hall–Kier alpha value is -1.47. The largest absolute Gasteiger partial charge is 0.481 e. The summed E-state index contributed by atoms with van der Waals surface area (Å²) in [4.78, 5) is 32.7. The van der Waals surface area contributed by atoms with Crippen LogP contribution in [0.15, 0.2) is 0 Å². The minimum Gasteiger partial charge on any atom is -0.481 e. The summed E-state index contributed by atoms with van der Waals surface area (Å²) in [5.74, 6) is -4.23. The molecule has 0 radical (unpaired) electrons. The number of carbonyl (C=O) groups excluding carboxylic acids is 2. The van der Waals surface area contributed by atoms with E-state index in [1.807, 2.05) is 0 Å². The van der Waals surface area contributed by atoms with Gasteiger partial charge in [0.05, 0.1) is 12.0 Å². The third-order valence-electron chi connectivity index (χ3n) is 2.42. The molecule has 1 rings (SSSR count). The molecule has 1 aliphatic carbocycles. The van der Waals surface area contributed by atoms with Gasteiger partial charge in [-0.2, -0.15) is 0 Å². The molecule has 0 aromatic rings. The van der Waals surface area contributed by atoms with Gasteiger partial charge in [0.2, 0.25) is 0 Å². The number of Topliss-reactive ketones (excluding diaryl/α,β-unsaturated/α-hetero) is 1. The maximum absolute atomic E-state index is 11.4. The first-order valence-corrected chi connectivity index (χ1v) is 4.63. The van der Waals surface area contributed by atoms with Crippen molar-refractivity contribution in [2.24, 2.45) is 5.92 Å². The van der Waals surface area contributed by atoms with Crippen molar-refractivity contribution < 1.29 is 34.4 Å². The first kappa shape index (κ1) is 12.6. The van der Waals surface area contributed by atoms with Gasteiger partial charge in [-0.25, -0.2) is 0 Å². The minimum atomic E-state index is -1.70. The highest BCUT2D eigenvalue weighted by Gasteiger charge is 2.47. The van der Waals surface area contributed by atoms with Crippen LogP contribution >= 0.6 is 0 Å². The van der Waals surface area contributed by atoms with Crippen molar-refractivity contribution in [3.05, 3.63) is 0 Å². The fourth-order valence-corrected chi connectivity index (χ4v) is 1.61. The zero-order chi connectivity index (χ0) is 12.5. The Morgan fingerprint density at radius 2 is 1.88 bits per heavy atom. The smallest absolute Gasteiger partial charge is 0.309 e. The Balaban J connectivity index is 2.83. The van der Waals surface area contributed by atoms with E-state index in [0.29, 0.717) is 0 Å². The van der Waals surface area contributed by atoms with Gasteiger partial charge < -0.3 is 20.1 Å². The summed E-state index contributed by atoms with van der Waals surface area (Å²) in [6.45, 7) is 1.05. The Labute approximate surface area is 90.6 Å². The molecule has 3 N–H and O–H groups in total. The van der Waals surface area contributed by atoms with Crippen LogP contribution in [0.4, 0.5) is 0 Å². The van der Waals surface area contributed by atoms with Crippen molar-refractivity contribution >= 4 is 17.7 Å². The van der Waals surface area contributed by atoms with Crippen molar-refractivity contribution in [2.75, 3.05) is 0 Å². The summed E-state index contributed by atoms with van der Waals surface area (Å²) < 4.78 is 4.52. The van der Waals surface area contributed by atoms with Crippen molar-refractivity contribution in [1.82, 2.24) is 0 Å². The lowest BCUT2D eigenvalue weighted by Gasteiger charge is -2.33. The molecule has 90 valence electrons. The summed E-state index contributed by atoms with van der Waals surface area (Å²) in [5.41, 5.74) is 0. The van der Waals surface area contributed by atoms with Gasteiger partial charge in [-0.3, -0.25) is 14.4 Å². The monoisotopic (exact) mass is 232 g/mol. The number of carboxylic acids is 1. The molecule has 0 aromatic heterocycles. The minimum absolute atomic E-state index is 0.467. The number of hydrogen-bond donors (Lipinski definition) is 3. The van der Waals surface area contributed by atoms with Crippen LogP contribution in [0.1, 0.15) is 13.3 Å². The molecule has 0 bridgehead atoms. The fourth-order valence-electron chi connectivity index (χ4n) is 1.61. The highest BCUT2D eigenvalue weighted by molar-refractivity contribution is 5.91. The second-order valence-corrected chi connectivity index (χ2v) is 3.63. The molecule has 1 saturated carbocycles. The Morgan fingerprint density at radius 3 is 2.31 bits per heavy atom. The molecule has 16 heavy (non-hydrogen) atoms. The maximum atomic E-state index is 11.4. The molecule has 1 aliphatic rings. The van der Waals surface area contributed by atoms with Crippen LogP contribution in [-0.2, 0) is 19.1 Å². The zero-order valence-corrected chi connectivity index (χ0v) is 8.49. The summed E-state index contributed by atoms with van der Waals surface area (Å²) in [6, 6.07) is 0. The summed E-state index contributed by atoms with van der Waals surface area (Å²) in [5, 5.41) is 27.6. The van der Waals surface area contributed by atoms with Crippen LogP contribution in [0.3, 0.4) is 0 Å². The van der Waals surface area contributed by atoms with Gasteiger partial charge in [-0.15, -0.1) is 0 Å². The molecule has 0 spiro atoms. The van der Waals surface area contributed by atoms with E-state index in [1.54, 1.807) is 0 Å². The van der Waals surface area contributed by atoms with E-state index in [1.165, 1.54) is 0 Å². The van der Waals surface area contributed by atoms with E-state index < -0.39 is 48.4 Å². The number of aliphatic hydroxyl groups is 2. The molecule has 0 amide bonds. The lowest BCUT2D eigenvalue weighted by molar-refractivity contribution is -0.180. The highest BCUT2D eigenvalue weighted by atomic mass is 16.6. The number of carbonyl (C=O) groups is 3. The first-order chi connectivity index (χ1) is 7.34. The fraction of sp³-hybridized carbons (Fsp3) is 0.667. The molecule has 4 unspecified atom stereocenters. The van der Waals surface area contributed by atoms with Crippen molar-refractivity contribution in [2.45, 2.75) is 31.7 Å². The quantitative estimate of drug-likeness (QED) is 0.486. The van der Waals surface area contributed by atoms with E-state index in [9.17, 15) is 24.6 Å². The van der Waals surface area contributed by atoms with Gasteiger partial charge in [-0.05, 0) is 0 Å². The molecular weight excluding hydrogens is 220 g/mol. The van der Waals surface area contributed by atoms with Gasteiger partial charge >= 0.3 is 11.9 Å². The second kappa shape index (κ2) is 4.58. The van der Waals surface area contributed by atoms with Crippen LogP contribution in [0.25, 0.3) is 0 Å². The molecule has 0 saturated heterocycles. The molecule has 7 nitrogen and oxygen atoms in total. The zero-order valence-electron chi connectivity index (χ0n) is 8.49. The van der Waals surface area contributed by atoms with Gasteiger partial charge in [0.1, 0.15) is 6.10 Å². The molecule has 7 heteroatoms. The number of hydrogen-bond acceptors (Lipinski definition) is 6. The second-order valence-electron chi connectivity index (χ2n) is 3.63. The molecule has 0 aliphatic heterocycles. The summed E-state index contributed by atoms with van der Waals surface area (Å²) in [6.07, 6.45) is -5.28. The van der Waals surface area contributed by atoms with Crippen molar-refractivity contribution in [3.63, 3.8) is 0 Å². The number of esters is 1. The Bertz CT molecular complexity index is 324. The lowest BCUT2D eigenvalue weighted by Crippen LogP contribution is -2.55. The molecule has 1 fully saturated rings. The van der Waals surface area contributed by atoms with E-state index in [2.05, 4.69) is 4.74 Å². The predicted molar refractivity (Wildman–Crippen MR) is 48.3 cm³/mol. The van der Waals surface area contributed by atoms with Crippen molar-refractivity contribution in [1.29, 1.82) is 0 Å². The van der Waals surface area contributed by atoms with Crippen LogP contribution in [0, 0.1) is 5.92 Å². The van der Waals surface area contributed by atoms with Crippen LogP contribution < -0.4 is 0 Å². The average molecular weight is 232 g/mol. The Kier molecular flexibility index (Phi) is 3.61. The maximum Gasteiger partial charge on any atom is 0.309 e. The number of ketones is 1. The topological polar surface area (TPSA) is 121 Å². The normalized spacial score (nSPS) is 34.6. The number of ether oxygens (including phenoxy) is 1. The van der Waals surface area contributed by atoms with E-state index >= 15 is 0 Å². The predicted octanol–water partition coefficient (Wildman–Crippen LogP) is -1.69. The van der Waals surface area contributed by atoms with Crippen LogP contribution in [-0.4, -0.2) is 51.4 Å². The number of rotatable bonds is 2. The van der Waals surface area contributed by atoms with Gasteiger partial charge in [0.15, 0.2) is 11.9 Å². The average Bonchev–Trinajstić information content (AvgIpc) is 2.17. The molecule has 0 heterocycles. The first-order valence-electron chi connectivity index (χ1n) is 4.63. The highest BCUT2D eigenvalue weighted by Crippen LogP contribution is 2.25. The van der Waals surface area contributed by atoms with E-state index in [4.69, 9.17) is 5.11 Å². The molecule has 0 aromatic carbocycles. The van der Waals surface area contributed by atoms with Gasteiger partial charge in [0, 0.05) is 13.3 Å². The SMILES string of the molecule is CC(=O)OC1C(=O)CC(C(=O)O)C(O)C1O. The molecular formula is C9H12O7. The third kappa shape index (κ3) is 2.37. The molecule has 4 atom stereocenters. The summed E-state index contributed by atoms with van der Waals surface area (Å²) in [7, 11) is 0. The van der Waals surface area contributed by atoms with Crippen molar-refractivity contribution in [3.8, 4) is 0 Å². The number of carboxylic acid groups (broad SMARTS) is 1. The van der Waals surface area contributed by atoms with E-state index in [-0.39, 0.29) is 0 Å². The van der Waals surface area contributed by atoms with Gasteiger partial charge in [0.25, 0.3) is 0 Å². The van der Waals surface area contributed by atoms with Gasteiger partial charge in [-0.1, -0.05) is 0 Å². The third-order valence-corrected chi connectivity index (χ3v) is 2.42. The van der Waals surface area contributed by atoms with Crippen LogP contribution in [0.5, 0.6) is 0 Å². The standard InChI is InChI=1S/C9H12O7/c1-3(10)16-8-5(11)2-4(9(14)15)6(12)7(8)13/h4,6-8,12-13H,2H2,1H3,(H,14,15). The Morgan fingerprint density at radius 1 is 1.31 bits per heavy atom. The van der Waals surface area contributed by atoms with Crippen LogP contribution in [0.2, 0.25) is 0 Å².